The number of aryl methyl sites for hydroxylation is 1. The number of Topliss-reactive ketones (excluding diaryl/α,β-unsaturated/α-hetero) is 1. The van der Waals surface area contributed by atoms with Crippen LogP contribution in [0, 0.1) is 18.8 Å². The molecule has 1 saturated carbocycles. The van der Waals surface area contributed by atoms with Crippen molar-refractivity contribution in [2.75, 3.05) is 7.05 Å². The molecule has 2 heterocycles. The Kier molecular flexibility index (Phi) is 2.70. The van der Waals surface area contributed by atoms with Gasteiger partial charge in [-0.1, -0.05) is 30.7 Å². The molecule has 3 fully saturated rings. The van der Waals surface area contributed by atoms with Crippen LogP contribution >= 0.6 is 0 Å². The SMILES string of the molecule is CC(=O)C1CC2C3Cc4cc(C)ccc4C2(C)CC1N3C. The molecule has 2 aliphatic heterocycles. The van der Waals surface area contributed by atoms with E-state index in [1.165, 1.54) is 5.56 Å². The fourth-order valence-corrected chi connectivity index (χ4v) is 5.66. The van der Waals surface area contributed by atoms with E-state index in [2.05, 4.69) is 44.0 Å². The Hall–Kier alpha value is -1.15. The van der Waals surface area contributed by atoms with Crippen molar-refractivity contribution in [3.63, 3.8) is 0 Å². The zero-order chi connectivity index (χ0) is 14.9. The molecule has 0 N–H and O–H groups in total. The fourth-order valence-electron chi connectivity index (χ4n) is 5.66. The maximum atomic E-state index is 12.0. The topological polar surface area (TPSA) is 20.3 Å². The van der Waals surface area contributed by atoms with Gasteiger partial charge in [0.15, 0.2) is 0 Å². The summed E-state index contributed by atoms with van der Waals surface area (Å²) in [6.07, 6.45) is 3.40. The summed E-state index contributed by atoms with van der Waals surface area (Å²) < 4.78 is 0. The van der Waals surface area contributed by atoms with Gasteiger partial charge in [-0.2, -0.15) is 0 Å². The Morgan fingerprint density at radius 2 is 2.10 bits per heavy atom. The fraction of sp³-hybridized carbons (Fsp3) is 0.632. The third-order valence-corrected chi connectivity index (χ3v) is 6.76. The molecule has 1 aromatic carbocycles. The van der Waals surface area contributed by atoms with E-state index in [0.29, 0.717) is 23.8 Å². The molecule has 2 heteroatoms. The van der Waals surface area contributed by atoms with Crippen molar-refractivity contribution in [3.8, 4) is 0 Å². The zero-order valence-electron chi connectivity index (χ0n) is 13.5. The number of ketones is 1. The van der Waals surface area contributed by atoms with E-state index in [4.69, 9.17) is 0 Å². The highest BCUT2D eigenvalue weighted by atomic mass is 16.1. The summed E-state index contributed by atoms with van der Waals surface area (Å²) in [6.45, 7) is 6.43. The number of hydrogen-bond acceptors (Lipinski definition) is 2. The van der Waals surface area contributed by atoms with E-state index in [-0.39, 0.29) is 11.3 Å². The van der Waals surface area contributed by atoms with Gasteiger partial charge in [-0.25, -0.2) is 0 Å². The summed E-state index contributed by atoms with van der Waals surface area (Å²) in [5, 5.41) is 0. The lowest BCUT2D eigenvalue weighted by Gasteiger charge is -2.64. The minimum atomic E-state index is 0.260. The van der Waals surface area contributed by atoms with Crippen molar-refractivity contribution in [2.45, 2.75) is 57.5 Å². The highest BCUT2D eigenvalue weighted by molar-refractivity contribution is 5.79. The first kappa shape index (κ1) is 13.5. The summed E-state index contributed by atoms with van der Waals surface area (Å²) in [4.78, 5) is 14.6. The van der Waals surface area contributed by atoms with Crippen LogP contribution < -0.4 is 0 Å². The predicted octanol–water partition coefficient (Wildman–Crippen LogP) is 3.11. The summed E-state index contributed by atoms with van der Waals surface area (Å²) in [5.74, 6) is 1.29. The average Bonchev–Trinajstić information content (AvgIpc) is 2.42. The molecule has 5 rings (SSSR count). The number of rotatable bonds is 1. The monoisotopic (exact) mass is 283 g/mol. The largest absolute Gasteiger partial charge is 0.300 e. The standard InChI is InChI=1S/C19H25NO/c1-11-5-6-15-13(7-11)8-17-16-9-14(12(2)21)18(20(17)4)10-19(15,16)3/h5-7,14,16-18H,8-10H2,1-4H3. The van der Waals surface area contributed by atoms with Crippen LogP contribution in [0.25, 0.3) is 0 Å². The molecule has 0 radical (unpaired) electrons. The number of benzene rings is 1. The molecule has 2 nitrogen and oxygen atoms in total. The van der Waals surface area contributed by atoms with E-state index in [1.54, 1.807) is 18.1 Å². The second-order valence-corrected chi connectivity index (χ2v) is 7.85. The number of carbonyl (C=O) groups is 1. The molecule has 4 bridgehead atoms. The molecule has 1 aromatic rings. The Labute approximate surface area is 127 Å². The van der Waals surface area contributed by atoms with Crippen molar-refractivity contribution in [3.05, 3.63) is 34.9 Å². The number of nitrogens with zero attached hydrogens (tertiary/aromatic N) is 1. The van der Waals surface area contributed by atoms with Gasteiger partial charge in [0.25, 0.3) is 0 Å². The molecule has 5 unspecified atom stereocenters. The normalized spacial score (nSPS) is 41.0. The van der Waals surface area contributed by atoms with Gasteiger partial charge in [-0.3, -0.25) is 9.69 Å². The molecule has 0 aromatic heterocycles. The van der Waals surface area contributed by atoms with E-state index in [9.17, 15) is 4.79 Å². The van der Waals surface area contributed by atoms with E-state index in [0.717, 1.165) is 19.3 Å². The van der Waals surface area contributed by atoms with Crippen molar-refractivity contribution in [1.29, 1.82) is 0 Å². The molecule has 4 aliphatic rings. The third kappa shape index (κ3) is 1.66. The van der Waals surface area contributed by atoms with Crippen LogP contribution in [-0.4, -0.2) is 29.8 Å². The maximum Gasteiger partial charge on any atom is 0.134 e. The van der Waals surface area contributed by atoms with Crippen LogP contribution in [0.2, 0.25) is 0 Å². The summed E-state index contributed by atoms with van der Waals surface area (Å²) in [6, 6.07) is 8.08. The quantitative estimate of drug-likeness (QED) is 0.789. The number of likely N-dealkylation sites (N-methyl/N-ethyl adjacent to an activating group) is 1. The third-order valence-electron chi connectivity index (χ3n) is 6.76. The van der Waals surface area contributed by atoms with E-state index < -0.39 is 0 Å². The van der Waals surface area contributed by atoms with Crippen LogP contribution in [0.3, 0.4) is 0 Å². The second-order valence-electron chi connectivity index (χ2n) is 7.85. The van der Waals surface area contributed by atoms with Crippen LogP contribution in [0.15, 0.2) is 18.2 Å². The first-order valence-electron chi connectivity index (χ1n) is 8.24. The maximum absolute atomic E-state index is 12.0. The molecular weight excluding hydrogens is 258 g/mol. The van der Waals surface area contributed by atoms with Gasteiger partial charge in [0.1, 0.15) is 5.78 Å². The van der Waals surface area contributed by atoms with Gasteiger partial charge in [0.2, 0.25) is 0 Å². The lowest BCUT2D eigenvalue weighted by Crippen LogP contribution is -2.68. The summed E-state index contributed by atoms with van der Waals surface area (Å²) >= 11 is 0. The molecule has 0 spiro atoms. The minimum absolute atomic E-state index is 0.260. The molecular formula is C19H25NO. The van der Waals surface area contributed by atoms with Crippen LogP contribution in [0.4, 0.5) is 0 Å². The van der Waals surface area contributed by atoms with Crippen molar-refractivity contribution in [2.24, 2.45) is 11.8 Å². The number of fused-ring (bicyclic) bond motifs is 2. The van der Waals surface area contributed by atoms with E-state index >= 15 is 0 Å². The Morgan fingerprint density at radius 1 is 1.33 bits per heavy atom. The smallest absolute Gasteiger partial charge is 0.134 e. The number of piperidine rings is 2. The van der Waals surface area contributed by atoms with E-state index in [1.807, 2.05) is 0 Å². The lowest BCUT2D eigenvalue weighted by molar-refractivity contribution is -0.137. The number of carbonyl (C=O) groups excluding carboxylic acids is 1. The minimum Gasteiger partial charge on any atom is -0.300 e. The molecule has 5 atom stereocenters. The summed E-state index contributed by atoms with van der Waals surface area (Å²) in [5.41, 5.74) is 4.75. The lowest BCUT2D eigenvalue weighted by atomic mass is 9.49. The van der Waals surface area contributed by atoms with Gasteiger partial charge >= 0.3 is 0 Å². The molecule has 0 amide bonds. The molecule has 112 valence electrons. The number of hydrogen-bond donors (Lipinski definition) is 0. The first-order valence-corrected chi connectivity index (χ1v) is 8.24. The average molecular weight is 283 g/mol. The highest BCUT2D eigenvalue weighted by Gasteiger charge is 2.59. The Morgan fingerprint density at radius 3 is 2.81 bits per heavy atom. The van der Waals surface area contributed by atoms with Crippen LogP contribution in [0.5, 0.6) is 0 Å². The second kappa shape index (κ2) is 4.19. The van der Waals surface area contributed by atoms with Gasteiger partial charge in [-0.15, -0.1) is 0 Å². The Bertz CT molecular complexity index is 622. The molecule has 2 aliphatic carbocycles. The van der Waals surface area contributed by atoms with Crippen molar-refractivity contribution < 1.29 is 4.79 Å². The van der Waals surface area contributed by atoms with Gasteiger partial charge in [-0.05, 0) is 62.6 Å². The predicted molar refractivity (Wildman–Crippen MR) is 84.5 cm³/mol. The van der Waals surface area contributed by atoms with Gasteiger partial charge in [0.05, 0.1) is 0 Å². The van der Waals surface area contributed by atoms with Crippen molar-refractivity contribution in [1.82, 2.24) is 4.90 Å². The molecule has 21 heavy (non-hydrogen) atoms. The zero-order valence-corrected chi connectivity index (χ0v) is 13.5. The highest BCUT2D eigenvalue weighted by Crippen LogP contribution is 2.57. The first-order chi connectivity index (χ1) is 9.91. The molecule has 2 saturated heterocycles. The summed E-state index contributed by atoms with van der Waals surface area (Å²) in [7, 11) is 2.25. The van der Waals surface area contributed by atoms with Gasteiger partial charge in [0, 0.05) is 18.0 Å². The van der Waals surface area contributed by atoms with Gasteiger partial charge < -0.3 is 0 Å². The van der Waals surface area contributed by atoms with Crippen LogP contribution in [0.1, 0.15) is 43.4 Å². The van der Waals surface area contributed by atoms with Crippen LogP contribution in [-0.2, 0) is 16.6 Å². The Balaban J connectivity index is 1.83. The van der Waals surface area contributed by atoms with Crippen molar-refractivity contribution >= 4 is 5.78 Å².